The van der Waals surface area contributed by atoms with Gasteiger partial charge in [0.15, 0.2) is 5.82 Å². The maximum absolute atomic E-state index is 4.41. The molecule has 18 heavy (non-hydrogen) atoms. The van der Waals surface area contributed by atoms with Crippen LogP contribution in [-0.4, -0.2) is 27.5 Å². The largest absolute Gasteiger partial charge is 0.379 e. The Hall–Kier alpha value is -1.55. The predicted octanol–water partition coefficient (Wildman–Crippen LogP) is 3.06. The van der Waals surface area contributed by atoms with E-state index in [0.29, 0.717) is 6.04 Å². The van der Waals surface area contributed by atoms with Crippen molar-refractivity contribution < 1.29 is 0 Å². The van der Waals surface area contributed by atoms with Crippen LogP contribution < -0.4 is 5.32 Å². The van der Waals surface area contributed by atoms with Gasteiger partial charge in [-0.15, -0.1) is 0 Å². The number of anilines is 1. The molecule has 1 unspecified atom stereocenters. The summed E-state index contributed by atoms with van der Waals surface area (Å²) in [6.07, 6.45) is 4.97. The Morgan fingerprint density at radius 2 is 1.89 bits per heavy atom. The molecule has 3 nitrogen and oxygen atoms in total. The molecule has 0 amide bonds. The fraction of sp³-hybridized carbons (Fsp3) is 0.286. The van der Waals surface area contributed by atoms with Crippen LogP contribution in [0.5, 0.6) is 0 Å². The number of rotatable bonds is 3. The van der Waals surface area contributed by atoms with Crippen molar-refractivity contribution in [3.8, 4) is 11.4 Å². The topological polar surface area (TPSA) is 37.8 Å². The normalized spacial score (nSPS) is 18.8. The van der Waals surface area contributed by atoms with E-state index in [1.54, 1.807) is 0 Å². The molecule has 4 heteroatoms. The number of nitrogens with one attached hydrogen (secondary N) is 1. The molecule has 1 saturated heterocycles. The molecule has 1 aliphatic rings. The highest BCUT2D eigenvalue weighted by molar-refractivity contribution is 7.99. The minimum atomic E-state index is 0.571. The van der Waals surface area contributed by atoms with Gasteiger partial charge in [-0.1, -0.05) is 30.3 Å². The van der Waals surface area contributed by atoms with Gasteiger partial charge in [-0.05, 0) is 12.2 Å². The Balaban J connectivity index is 1.72. The molecule has 92 valence electrons. The molecule has 1 aliphatic heterocycles. The van der Waals surface area contributed by atoms with Crippen LogP contribution in [0, 0.1) is 0 Å². The van der Waals surface area contributed by atoms with Crippen LogP contribution >= 0.6 is 11.8 Å². The lowest BCUT2D eigenvalue weighted by Crippen LogP contribution is -2.18. The number of thioether (sulfide) groups is 1. The Kier molecular flexibility index (Phi) is 3.46. The third kappa shape index (κ3) is 2.64. The second-order valence-corrected chi connectivity index (χ2v) is 5.52. The van der Waals surface area contributed by atoms with Crippen molar-refractivity contribution in [3.63, 3.8) is 0 Å². The van der Waals surface area contributed by atoms with Gasteiger partial charge in [0.1, 0.15) is 0 Å². The summed E-state index contributed by atoms with van der Waals surface area (Å²) in [4.78, 5) is 8.82. The molecule has 0 spiro atoms. The van der Waals surface area contributed by atoms with Crippen molar-refractivity contribution in [3.05, 3.63) is 42.7 Å². The standard InChI is InChI=1S/C14H15N3S/c1-2-4-11(5-3-1)14-15-8-13(9-16-14)17-12-6-7-18-10-12/h1-5,8-9,12,17H,6-7,10H2. The van der Waals surface area contributed by atoms with E-state index in [0.717, 1.165) is 17.1 Å². The highest BCUT2D eigenvalue weighted by atomic mass is 32.2. The molecule has 0 bridgehead atoms. The van der Waals surface area contributed by atoms with E-state index in [9.17, 15) is 0 Å². The quantitative estimate of drug-likeness (QED) is 0.917. The first-order valence-corrected chi connectivity index (χ1v) is 7.29. The third-order valence-corrected chi connectivity index (χ3v) is 4.15. The van der Waals surface area contributed by atoms with Gasteiger partial charge < -0.3 is 5.32 Å². The van der Waals surface area contributed by atoms with Crippen LogP contribution in [0.3, 0.4) is 0 Å². The minimum Gasteiger partial charge on any atom is -0.379 e. The molecular weight excluding hydrogens is 242 g/mol. The summed E-state index contributed by atoms with van der Waals surface area (Å²) < 4.78 is 0. The van der Waals surface area contributed by atoms with Gasteiger partial charge in [0.25, 0.3) is 0 Å². The fourth-order valence-electron chi connectivity index (χ4n) is 2.02. The monoisotopic (exact) mass is 257 g/mol. The van der Waals surface area contributed by atoms with Crippen LogP contribution in [0.1, 0.15) is 6.42 Å². The summed E-state index contributed by atoms with van der Waals surface area (Å²) in [6, 6.07) is 10.6. The van der Waals surface area contributed by atoms with E-state index < -0.39 is 0 Å². The zero-order chi connectivity index (χ0) is 12.2. The second kappa shape index (κ2) is 5.40. The number of hydrogen-bond donors (Lipinski definition) is 1. The maximum Gasteiger partial charge on any atom is 0.159 e. The van der Waals surface area contributed by atoms with Crippen LogP contribution in [0.25, 0.3) is 11.4 Å². The Labute approximate surface area is 111 Å². The van der Waals surface area contributed by atoms with Gasteiger partial charge in [0.2, 0.25) is 0 Å². The minimum absolute atomic E-state index is 0.571. The number of benzene rings is 1. The van der Waals surface area contributed by atoms with Crippen LogP contribution in [0.4, 0.5) is 5.69 Å². The molecule has 1 aromatic carbocycles. The van der Waals surface area contributed by atoms with Crippen molar-refractivity contribution in [1.29, 1.82) is 0 Å². The Morgan fingerprint density at radius 3 is 2.56 bits per heavy atom. The summed E-state index contributed by atoms with van der Waals surface area (Å²) in [5.41, 5.74) is 2.07. The first kappa shape index (κ1) is 11.5. The van der Waals surface area contributed by atoms with Gasteiger partial charge >= 0.3 is 0 Å². The molecule has 2 heterocycles. The lowest BCUT2D eigenvalue weighted by Gasteiger charge is -2.12. The molecule has 1 fully saturated rings. The van der Waals surface area contributed by atoms with E-state index in [-0.39, 0.29) is 0 Å². The molecule has 3 rings (SSSR count). The highest BCUT2D eigenvalue weighted by Gasteiger charge is 2.15. The zero-order valence-corrected chi connectivity index (χ0v) is 10.9. The average molecular weight is 257 g/mol. The summed E-state index contributed by atoms with van der Waals surface area (Å²) in [5, 5.41) is 3.47. The number of aromatic nitrogens is 2. The second-order valence-electron chi connectivity index (χ2n) is 4.37. The fourth-order valence-corrected chi connectivity index (χ4v) is 3.18. The smallest absolute Gasteiger partial charge is 0.159 e. The molecule has 2 aromatic rings. The number of hydrogen-bond acceptors (Lipinski definition) is 4. The SMILES string of the molecule is c1ccc(-c2ncc(NC3CCSC3)cn2)cc1. The van der Waals surface area contributed by atoms with Crippen molar-refractivity contribution in [2.24, 2.45) is 0 Å². The summed E-state index contributed by atoms with van der Waals surface area (Å²) in [6.45, 7) is 0. The van der Waals surface area contributed by atoms with E-state index in [2.05, 4.69) is 15.3 Å². The molecule has 1 N–H and O–H groups in total. The van der Waals surface area contributed by atoms with Gasteiger partial charge in [-0.2, -0.15) is 11.8 Å². The zero-order valence-electron chi connectivity index (χ0n) is 10.0. The average Bonchev–Trinajstić information content (AvgIpc) is 2.94. The van der Waals surface area contributed by atoms with E-state index in [1.807, 2.05) is 54.5 Å². The van der Waals surface area contributed by atoms with Gasteiger partial charge in [-0.3, -0.25) is 0 Å². The van der Waals surface area contributed by atoms with Crippen molar-refractivity contribution in [2.45, 2.75) is 12.5 Å². The summed E-state index contributed by atoms with van der Waals surface area (Å²) in [7, 11) is 0. The van der Waals surface area contributed by atoms with Crippen LogP contribution in [0.2, 0.25) is 0 Å². The lowest BCUT2D eigenvalue weighted by atomic mass is 10.2. The maximum atomic E-state index is 4.41. The van der Waals surface area contributed by atoms with Crippen molar-refractivity contribution >= 4 is 17.4 Å². The predicted molar refractivity (Wildman–Crippen MR) is 76.8 cm³/mol. The first-order valence-electron chi connectivity index (χ1n) is 6.13. The van der Waals surface area contributed by atoms with E-state index in [4.69, 9.17) is 0 Å². The molecular formula is C14H15N3S. The molecule has 0 aliphatic carbocycles. The lowest BCUT2D eigenvalue weighted by molar-refractivity contribution is 0.810. The van der Waals surface area contributed by atoms with E-state index in [1.165, 1.54) is 17.9 Å². The Morgan fingerprint density at radius 1 is 1.11 bits per heavy atom. The molecule has 0 saturated carbocycles. The van der Waals surface area contributed by atoms with Crippen molar-refractivity contribution in [1.82, 2.24) is 9.97 Å². The van der Waals surface area contributed by atoms with Crippen molar-refractivity contribution in [2.75, 3.05) is 16.8 Å². The third-order valence-electron chi connectivity index (χ3n) is 2.98. The summed E-state index contributed by atoms with van der Waals surface area (Å²) in [5.74, 6) is 3.21. The van der Waals surface area contributed by atoms with Gasteiger partial charge in [-0.25, -0.2) is 9.97 Å². The highest BCUT2D eigenvalue weighted by Crippen LogP contribution is 2.21. The van der Waals surface area contributed by atoms with Gasteiger partial charge in [0, 0.05) is 17.4 Å². The summed E-state index contributed by atoms with van der Waals surface area (Å²) >= 11 is 2.00. The Bertz CT molecular complexity index is 492. The molecule has 0 radical (unpaired) electrons. The molecule has 1 aromatic heterocycles. The molecule has 1 atom stereocenters. The van der Waals surface area contributed by atoms with E-state index >= 15 is 0 Å². The number of nitrogens with zero attached hydrogens (tertiary/aromatic N) is 2. The first-order chi connectivity index (χ1) is 8.92. The van der Waals surface area contributed by atoms with Crippen LogP contribution in [-0.2, 0) is 0 Å². The van der Waals surface area contributed by atoms with Crippen LogP contribution in [0.15, 0.2) is 42.7 Å². The van der Waals surface area contributed by atoms with Gasteiger partial charge in [0.05, 0.1) is 18.1 Å².